The minimum atomic E-state index is -1.82. The van der Waals surface area contributed by atoms with Crippen LogP contribution in [0.1, 0.15) is 25.5 Å². The third-order valence-electron chi connectivity index (χ3n) is 4.56. The molecule has 0 unspecified atom stereocenters. The Kier molecular flexibility index (Phi) is 6.90. The molecule has 1 fully saturated rings. The average Bonchev–Trinajstić information content (AvgIpc) is 3.05. The number of esters is 2. The molecule has 1 aromatic rings. The maximum absolute atomic E-state index is 13.0. The molecule has 8 nitrogen and oxygen atoms in total. The quantitative estimate of drug-likeness (QED) is 0.377. The van der Waals surface area contributed by atoms with Gasteiger partial charge in [-0.3, -0.25) is 9.59 Å². The first-order valence-electron chi connectivity index (χ1n) is 8.86. The fourth-order valence-corrected chi connectivity index (χ4v) is 3.28. The van der Waals surface area contributed by atoms with Gasteiger partial charge in [-0.2, -0.15) is 0 Å². The highest BCUT2D eigenvalue weighted by Crippen LogP contribution is 2.52. The molecule has 0 amide bonds. The Balaban J connectivity index is 2.69. The van der Waals surface area contributed by atoms with Crippen LogP contribution in [0.3, 0.4) is 0 Å². The summed E-state index contributed by atoms with van der Waals surface area (Å²) >= 11 is 0. The van der Waals surface area contributed by atoms with E-state index in [0.29, 0.717) is 22.8 Å². The van der Waals surface area contributed by atoms with Crippen LogP contribution in [0.15, 0.2) is 24.3 Å². The molecule has 1 heterocycles. The van der Waals surface area contributed by atoms with Crippen molar-refractivity contribution in [3.63, 3.8) is 0 Å². The molecule has 0 saturated carbocycles. The van der Waals surface area contributed by atoms with Gasteiger partial charge in [0.2, 0.25) is 11.2 Å². The van der Waals surface area contributed by atoms with Crippen molar-refractivity contribution < 1.29 is 38.0 Å². The van der Waals surface area contributed by atoms with E-state index in [1.807, 2.05) is 0 Å². The topological polar surface area (TPSA) is 89.5 Å². The molecule has 154 valence electrons. The Bertz CT molecular complexity index is 712. The third-order valence-corrected chi connectivity index (χ3v) is 4.56. The van der Waals surface area contributed by atoms with E-state index in [0.717, 1.165) is 0 Å². The van der Waals surface area contributed by atoms with Crippen molar-refractivity contribution in [1.82, 2.24) is 0 Å². The summed E-state index contributed by atoms with van der Waals surface area (Å²) in [5.41, 5.74) is -1.09. The number of hydrogen-bond acceptors (Lipinski definition) is 8. The average molecular weight is 394 g/mol. The molecule has 1 aromatic carbocycles. The normalized spacial score (nSPS) is 17.8. The van der Waals surface area contributed by atoms with Gasteiger partial charge in [-0.25, -0.2) is 0 Å². The van der Waals surface area contributed by atoms with E-state index in [4.69, 9.17) is 28.4 Å². The fourth-order valence-electron chi connectivity index (χ4n) is 3.28. The molecule has 1 saturated heterocycles. The Hall–Kier alpha value is -2.74. The van der Waals surface area contributed by atoms with E-state index in [1.54, 1.807) is 26.0 Å². The largest absolute Gasteiger partial charge is 0.493 e. The predicted molar refractivity (Wildman–Crippen MR) is 99.6 cm³/mol. The molecule has 0 N–H and O–H groups in total. The van der Waals surface area contributed by atoms with E-state index >= 15 is 0 Å². The first-order valence-corrected chi connectivity index (χ1v) is 8.86. The summed E-state index contributed by atoms with van der Waals surface area (Å²) in [6.07, 6.45) is -1.02. The van der Waals surface area contributed by atoms with Crippen LogP contribution in [-0.4, -0.2) is 53.1 Å². The highest BCUT2D eigenvalue weighted by Gasteiger charge is 2.62. The first-order chi connectivity index (χ1) is 13.4. The third kappa shape index (κ3) is 3.40. The van der Waals surface area contributed by atoms with Crippen LogP contribution in [0.25, 0.3) is 0 Å². The molecule has 0 bridgehead atoms. The molecule has 0 aliphatic carbocycles. The van der Waals surface area contributed by atoms with Gasteiger partial charge in [0.15, 0.2) is 11.5 Å². The van der Waals surface area contributed by atoms with Gasteiger partial charge in [-0.05, 0) is 37.1 Å². The maximum atomic E-state index is 13.0. The monoisotopic (exact) mass is 394 g/mol. The summed E-state index contributed by atoms with van der Waals surface area (Å²) in [5.74, 6) is -0.438. The van der Waals surface area contributed by atoms with Gasteiger partial charge in [0, 0.05) is 0 Å². The first kappa shape index (κ1) is 21.6. The zero-order valence-corrected chi connectivity index (χ0v) is 16.8. The van der Waals surface area contributed by atoms with Crippen molar-refractivity contribution in [3.05, 3.63) is 29.8 Å². The molecule has 28 heavy (non-hydrogen) atoms. The van der Waals surface area contributed by atoms with Crippen molar-refractivity contribution in [2.45, 2.75) is 20.0 Å². The van der Waals surface area contributed by atoms with Gasteiger partial charge in [0.1, 0.15) is 6.10 Å². The minimum Gasteiger partial charge on any atom is -0.493 e. The van der Waals surface area contributed by atoms with Gasteiger partial charge in [0.25, 0.3) is 0 Å². The summed E-state index contributed by atoms with van der Waals surface area (Å²) in [7, 11) is 4.42. The predicted octanol–water partition coefficient (Wildman–Crippen LogP) is 2.45. The van der Waals surface area contributed by atoms with Crippen LogP contribution in [0, 0.1) is 5.41 Å². The molecule has 0 aromatic heterocycles. The number of methoxy groups -OCH3 is 3. The molecule has 1 aliphatic heterocycles. The SMILES string of the molecule is C=C1CO[C@@H](c2cc(OC)c(OC)c(OC)c2)C1(C(=O)OCC)C(=O)OCC. The number of hydrogen-bond donors (Lipinski definition) is 0. The number of benzene rings is 1. The summed E-state index contributed by atoms with van der Waals surface area (Å²) in [5, 5.41) is 0. The van der Waals surface area contributed by atoms with Crippen molar-refractivity contribution in [3.8, 4) is 17.2 Å². The molecular weight excluding hydrogens is 368 g/mol. The Morgan fingerprint density at radius 2 is 1.54 bits per heavy atom. The van der Waals surface area contributed by atoms with Crippen LogP contribution in [0.2, 0.25) is 0 Å². The fraction of sp³-hybridized carbons (Fsp3) is 0.500. The Morgan fingerprint density at radius 1 is 1.04 bits per heavy atom. The van der Waals surface area contributed by atoms with E-state index in [9.17, 15) is 9.59 Å². The smallest absolute Gasteiger partial charge is 0.330 e. The lowest BCUT2D eigenvalue weighted by atomic mass is 9.75. The lowest BCUT2D eigenvalue weighted by Crippen LogP contribution is -2.45. The molecule has 2 rings (SSSR count). The van der Waals surface area contributed by atoms with Gasteiger partial charge in [0.05, 0.1) is 41.2 Å². The number of ether oxygens (including phenoxy) is 6. The Morgan fingerprint density at radius 3 is 1.93 bits per heavy atom. The lowest BCUT2D eigenvalue weighted by Gasteiger charge is -2.30. The summed E-state index contributed by atoms with van der Waals surface area (Å²) in [6.45, 7) is 7.39. The zero-order chi connectivity index (χ0) is 20.9. The standard InChI is InChI=1S/C20H26O8/c1-7-26-18(21)20(19(22)27-8-2)12(3)11-28-17(20)13-9-14(23-4)16(25-6)15(10-13)24-5/h9-10,17H,3,7-8,11H2,1-2,4-6H3/t17-/m0/s1. The van der Waals surface area contributed by atoms with E-state index in [-0.39, 0.29) is 25.4 Å². The van der Waals surface area contributed by atoms with Crippen molar-refractivity contribution in [2.24, 2.45) is 5.41 Å². The van der Waals surface area contributed by atoms with E-state index in [2.05, 4.69) is 6.58 Å². The Labute approximate surface area is 164 Å². The van der Waals surface area contributed by atoms with Crippen LogP contribution < -0.4 is 14.2 Å². The minimum absolute atomic E-state index is 0.00104. The molecule has 8 heteroatoms. The lowest BCUT2D eigenvalue weighted by molar-refractivity contribution is -0.174. The van der Waals surface area contributed by atoms with Crippen LogP contribution >= 0.6 is 0 Å². The van der Waals surface area contributed by atoms with Gasteiger partial charge in [-0.1, -0.05) is 6.58 Å². The maximum Gasteiger partial charge on any atom is 0.330 e. The summed E-state index contributed by atoms with van der Waals surface area (Å²) < 4.78 is 32.3. The van der Waals surface area contributed by atoms with Crippen LogP contribution in [-0.2, 0) is 23.8 Å². The molecular formula is C20H26O8. The summed E-state index contributed by atoms with van der Waals surface area (Å²) in [6, 6.07) is 3.25. The molecule has 1 atom stereocenters. The van der Waals surface area contributed by atoms with Crippen molar-refractivity contribution in [2.75, 3.05) is 41.2 Å². The highest BCUT2D eigenvalue weighted by atomic mass is 16.6. The number of carbonyl (C=O) groups is 2. The van der Waals surface area contributed by atoms with Crippen molar-refractivity contribution >= 4 is 11.9 Å². The molecule has 1 aliphatic rings. The van der Waals surface area contributed by atoms with Crippen LogP contribution in [0.5, 0.6) is 17.2 Å². The number of rotatable bonds is 8. The second-order valence-electron chi connectivity index (χ2n) is 6.00. The van der Waals surface area contributed by atoms with Gasteiger partial charge >= 0.3 is 11.9 Å². The second-order valence-corrected chi connectivity index (χ2v) is 6.00. The zero-order valence-electron chi connectivity index (χ0n) is 16.8. The molecule has 0 radical (unpaired) electrons. The number of carbonyl (C=O) groups excluding carboxylic acids is 2. The molecule has 0 spiro atoms. The highest BCUT2D eigenvalue weighted by molar-refractivity contribution is 6.05. The van der Waals surface area contributed by atoms with Gasteiger partial charge in [-0.15, -0.1) is 0 Å². The second kappa shape index (κ2) is 8.97. The van der Waals surface area contributed by atoms with Gasteiger partial charge < -0.3 is 28.4 Å². The van der Waals surface area contributed by atoms with Crippen molar-refractivity contribution in [1.29, 1.82) is 0 Å². The van der Waals surface area contributed by atoms with E-state index in [1.165, 1.54) is 21.3 Å². The summed E-state index contributed by atoms with van der Waals surface area (Å²) in [4.78, 5) is 25.9. The van der Waals surface area contributed by atoms with E-state index < -0.39 is 23.5 Å². The van der Waals surface area contributed by atoms with Crippen LogP contribution in [0.4, 0.5) is 0 Å².